The van der Waals surface area contributed by atoms with E-state index in [2.05, 4.69) is 22.2 Å². The fourth-order valence-electron chi connectivity index (χ4n) is 2.37. The van der Waals surface area contributed by atoms with E-state index in [0.29, 0.717) is 17.8 Å². The predicted octanol–water partition coefficient (Wildman–Crippen LogP) is 0.855. The largest absolute Gasteiger partial charge is 0.352 e. The Morgan fingerprint density at radius 1 is 1.19 bits per heavy atom. The zero-order chi connectivity index (χ0) is 15.1. The Bertz CT molecular complexity index is 441. The Morgan fingerprint density at radius 2 is 1.86 bits per heavy atom. The van der Waals surface area contributed by atoms with Gasteiger partial charge in [0.2, 0.25) is 0 Å². The summed E-state index contributed by atoms with van der Waals surface area (Å²) in [4.78, 5) is 16.7. The number of rotatable bonds is 6. The van der Waals surface area contributed by atoms with Crippen molar-refractivity contribution in [2.45, 2.75) is 6.42 Å². The van der Waals surface area contributed by atoms with Gasteiger partial charge in [-0.1, -0.05) is 0 Å². The van der Waals surface area contributed by atoms with E-state index in [1.54, 1.807) is 24.3 Å². The van der Waals surface area contributed by atoms with Crippen LogP contribution in [0.15, 0.2) is 24.3 Å². The average molecular weight is 292 g/mol. The molecule has 1 fully saturated rings. The molecule has 0 unspecified atom stereocenters. The molecule has 0 aliphatic carbocycles. The molecule has 0 bridgehead atoms. The second-order valence-corrected chi connectivity index (χ2v) is 5.44. The molecule has 0 saturated carbocycles. The maximum Gasteiger partial charge on any atom is 0.251 e. The van der Waals surface area contributed by atoms with Gasteiger partial charge in [0.15, 0.2) is 0 Å². The van der Waals surface area contributed by atoms with Gasteiger partial charge in [-0.2, -0.15) is 0 Å². The van der Waals surface area contributed by atoms with Crippen molar-refractivity contribution in [2.24, 2.45) is 0 Å². The van der Waals surface area contributed by atoms with Crippen LogP contribution in [0.1, 0.15) is 16.8 Å². The number of nitrogens with one attached hydrogen (secondary N) is 2. The molecule has 0 aromatic heterocycles. The number of amides is 1. The smallest absolute Gasteiger partial charge is 0.251 e. The minimum atomic E-state index is -0.0714. The van der Waals surface area contributed by atoms with Gasteiger partial charge in [-0.05, 0) is 44.3 Å². The van der Waals surface area contributed by atoms with Crippen molar-refractivity contribution in [1.82, 2.24) is 15.1 Å². The van der Waals surface area contributed by atoms with Gasteiger partial charge in [-0.25, -0.2) is 0 Å². The summed E-state index contributed by atoms with van der Waals surface area (Å²) >= 11 is 0. The van der Waals surface area contributed by atoms with Crippen molar-refractivity contribution in [3.05, 3.63) is 29.8 Å². The summed E-state index contributed by atoms with van der Waals surface area (Å²) in [6.07, 6.45) is 0.964. The van der Waals surface area contributed by atoms with Crippen molar-refractivity contribution >= 4 is 11.6 Å². The van der Waals surface area contributed by atoms with Gasteiger partial charge in [0.05, 0.1) is 5.69 Å². The summed E-state index contributed by atoms with van der Waals surface area (Å²) < 4.78 is 0. The van der Waals surface area contributed by atoms with Crippen LogP contribution in [0.4, 0.5) is 5.69 Å². The molecule has 3 N–H and O–H groups in total. The number of benzene rings is 1. The highest BCUT2D eigenvalue weighted by Crippen LogP contribution is 2.08. The third kappa shape index (κ3) is 5.00. The molecular weight excluding hydrogens is 268 g/mol. The number of hydrogen-bond acceptors (Lipinski definition) is 5. The van der Waals surface area contributed by atoms with Crippen LogP contribution < -0.4 is 10.8 Å². The molecule has 0 atom stereocenters. The molecule has 116 valence electrons. The first-order chi connectivity index (χ1) is 10.2. The molecule has 21 heavy (non-hydrogen) atoms. The summed E-state index contributed by atoms with van der Waals surface area (Å²) in [6, 6.07) is 6.71. The zero-order valence-corrected chi connectivity index (χ0v) is 12.5. The minimum absolute atomic E-state index is 0.0714. The first-order valence-electron chi connectivity index (χ1n) is 7.38. The van der Waals surface area contributed by atoms with Gasteiger partial charge in [0.1, 0.15) is 0 Å². The van der Waals surface area contributed by atoms with Gasteiger partial charge in [-0.3, -0.25) is 15.5 Å². The average Bonchev–Trinajstić information content (AvgIpc) is 2.53. The molecule has 1 heterocycles. The molecule has 1 aliphatic rings. The topological polar surface area (TPSA) is 67.8 Å². The monoisotopic (exact) mass is 292 g/mol. The van der Waals surface area contributed by atoms with Crippen molar-refractivity contribution in [3.8, 4) is 0 Å². The molecule has 6 heteroatoms. The lowest BCUT2D eigenvalue weighted by Crippen LogP contribution is -2.45. The second kappa shape index (κ2) is 7.97. The van der Waals surface area contributed by atoms with E-state index >= 15 is 0 Å². The van der Waals surface area contributed by atoms with Crippen molar-refractivity contribution in [2.75, 3.05) is 51.8 Å². The molecule has 1 aromatic rings. The van der Waals surface area contributed by atoms with E-state index in [0.717, 1.165) is 39.1 Å². The number of carbonyl (C=O) groups is 1. The van der Waals surface area contributed by atoms with Gasteiger partial charge < -0.3 is 15.1 Å². The fourth-order valence-corrected chi connectivity index (χ4v) is 2.37. The quantitative estimate of drug-likeness (QED) is 0.536. The van der Waals surface area contributed by atoms with Crippen LogP contribution in [0, 0.1) is 0 Å². The lowest BCUT2D eigenvalue weighted by Gasteiger charge is -2.32. The third-order valence-corrected chi connectivity index (χ3v) is 3.81. The second-order valence-electron chi connectivity index (χ2n) is 5.44. The van der Waals surface area contributed by atoms with E-state index in [1.807, 2.05) is 5.48 Å². The van der Waals surface area contributed by atoms with Crippen LogP contribution in [-0.2, 0) is 0 Å². The highest BCUT2D eigenvalue weighted by atomic mass is 16.5. The number of piperazine rings is 1. The third-order valence-electron chi connectivity index (χ3n) is 3.81. The lowest BCUT2D eigenvalue weighted by atomic mass is 10.2. The van der Waals surface area contributed by atoms with E-state index in [9.17, 15) is 4.79 Å². The Kier molecular flexibility index (Phi) is 5.98. The Hall–Kier alpha value is -1.63. The van der Waals surface area contributed by atoms with Crippen LogP contribution in [0.25, 0.3) is 0 Å². The summed E-state index contributed by atoms with van der Waals surface area (Å²) in [6.45, 7) is 6.18. The highest BCUT2D eigenvalue weighted by molar-refractivity contribution is 5.94. The van der Waals surface area contributed by atoms with Gasteiger partial charge in [-0.15, -0.1) is 0 Å². The summed E-state index contributed by atoms with van der Waals surface area (Å²) in [7, 11) is 2.15. The van der Waals surface area contributed by atoms with Crippen LogP contribution in [0.3, 0.4) is 0 Å². The summed E-state index contributed by atoms with van der Waals surface area (Å²) in [5.74, 6) is -0.0714. The van der Waals surface area contributed by atoms with E-state index in [-0.39, 0.29) is 5.91 Å². The summed E-state index contributed by atoms with van der Waals surface area (Å²) in [5, 5.41) is 11.6. The minimum Gasteiger partial charge on any atom is -0.352 e. The Balaban J connectivity index is 1.64. The molecule has 1 saturated heterocycles. The van der Waals surface area contributed by atoms with Gasteiger partial charge in [0, 0.05) is 38.3 Å². The fraction of sp³-hybridized carbons (Fsp3) is 0.533. The number of nitrogens with zero attached hydrogens (tertiary/aromatic N) is 2. The first kappa shape index (κ1) is 15.8. The van der Waals surface area contributed by atoms with E-state index in [1.165, 1.54) is 0 Å². The van der Waals surface area contributed by atoms with Gasteiger partial charge in [0.25, 0.3) is 5.91 Å². The number of anilines is 1. The van der Waals surface area contributed by atoms with Crippen LogP contribution >= 0.6 is 0 Å². The van der Waals surface area contributed by atoms with Crippen molar-refractivity contribution in [3.63, 3.8) is 0 Å². The normalized spacial score (nSPS) is 16.7. The van der Waals surface area contributed by atoms with Crippen LogP contribution in [0.5, 0.6) is 0 Å². The van der Waals surface area contributed by atoms with Crippen molar-refractivity contribution < 1.29 is 10.0 Å². The molecule has 1 aromatic carbocycles. The molecule has 0 spiro atoms. The van der Waals surface area contributed by atoms with Gasteiger partial charge >= 0.3 is 0 Å². The van der Waals surface area contributed by atoms with Crippen LogP contribution in [0.2, 0.25) is 0 Å². The zero-order valence-electron chi connectivity index (χ0n) is 12.5. The molecule has 1 aliphatic heterocycles. The van der Waals surface area contributed by atoms with Crippen molar-refractivity contribution in [1.29, 1.82) is 0 Å². The summed E-state index contributed by atoms with van der Waals surface area (Å²) in [5.41, 5.74) is 3.22. The number of carbonyl (C=O) groups excluding carboxylic acids is 1. The molecule has 2 rings (SSSR count). The standard InChI is InChI=1S/C15H24N4O2/c1-18-9-11-19(12-10-18)8-2-7-16-15(20)13-3-5-14(17-21)6-4-13/h3-6,17,21H,2,7-12H2,1H3,(H,16,20). The first-order valence-corrected chi connectivity index (χ1v) is 7.38. The molecular formula is C15H24N4O2. The Labute approximate surface area is 125 Å². The molecule has 1 amide bonds. The SMILES string of the molecule is CN1CCN(CCCNC(=O)c2ccc(NO)cc2)CC1. The van der Waals surface area contributed by atoms with E-state index < -0.39 is 0 Å². The Morgan fingerprint density at radius 3 is 2.48 bits per heavy atom. The van der Waals surface area contributed by atoms with E-state index in [4.69, 9.17) is 5.21 Å². The maximum atomic E-state index is 11.9. The molecule has 6 nitrogen and oxygen atoms in total. The maximum absolute atomic E-state index is 11.9. The molecule has 0 radical (unpaired) electrons. The predicted molar refractivity (Wildman–Crippen MR) is 82.7 cm³/mol. The number of likely N-dealkylation sites (N-methyl/N-ethyl adjacent to an activating group) is 1. The highest BCUT2D eigenvalue weighted by Gasteiger charge is 2.13. The number of hydrogen-bond donors (Lipinski definition) is 3. The van der Waals surface area contributed by atoms with Crippen LogP contribution in [-0.4, -0.2) is 67.2 Å². The lowest BCUT2D eigenvalue weighted by molar-refractivity contribution is 0.0949.